The Morgan fingerprint density at radius 1 is 0.679 bits per heavy atom. The molecule has 0 saturated carbocycles. The Kier molecular flexibility index (Phi) is 3.72. The summed E-state index contributed by atoms with van der Waals surface area (Å²) in [7, 11) is 0. The van der Waals surface area contributed by atoms with Crippen LogP contribution in [-0.4, -0.2) is 0 Å². The van der Waals surface area contributed by atoms with Gasteiger partial charge >= 0.3 is 0 Å². The smallest absolute Gasteiger partial charge is 0.0352 e. The van der Waals surface area contributed by atoms with Crippen LogP contribution in [0.25, 0.3) is 42.4 Å². The zero-order chi connectivity index (χ0) is 18.7. The lowest BCUT2D eigenvalue weighted by Crippen LogP contribution is -1.98. The number of rotatable bonds is 4. The number of fused-ring (bicyclic) bond motifs is 8. The number of benzene rings is 3. The molecule has 0 nitrogen and oxygen atoms in total. The molecule has 0 unspecified atom stereocenters. The predicted molar refractivity (Wildman–Crippen MR) is 125 cm³/mol. The maximum atomic E-state index is 2.44. The molecule has 0 spiro atoms. The van der Waals surface area contributed by atoms with Crippen molar-refractivity contribution in [3.05, 3.63) is 82.0 Å². The van der Waals surface area contributed by atoms with Crippen LogP contribution < -0.4 is 0 Å². The summed E-state index contributed by atoms with van der Waals surface area (Å²) in [5.41, 5.74) is 8.66. The fourth-order valence-corrected chi connectivity index (χ4v) is 6.34. The van der Waals surface area contributed by atoms with E-state index in [0.29, 0.717) is 0 Å². The minimum atomic E-state index is 1.11. The first-order valence-corrected chi connectivity index (χ1v) is 11.7. The first-order valence-electron chi connectivity index (χ1n) is 9.96. The lowest BCUT2D eigenvalue weighted by Gasteiger charge is -2.25. The van der Waals surface area contributed by atoms with Gasteiger partial charge in [-0.1, -0.05) is 43.3 Å². The summed E-state index contributed by atoms with van der Waals surface area (Å²) in [6, 6.07) is 23.1. The van der Waals surface area contributed by atoms with Gasteiger partial charge in [-0.15, -0.1) is 22.7 Å². The molecular weight excluding hydrogens is 376 g/mol. The summed E-state index contributed by atoms with van der Waals surface area (Å²) in [5, 5.41) is 5.07. The fourth-order valence-electron chi connectivity index (χ4n) is 4.48. The van der Waals surface area contributed by atoms with Gasteiger partial charge in [0.2, 0.25) is 0 Å². The van der Waals surface area contributed by atoms with Crippen molar-refractivity contribution in [3.63, 3.8) is 0 Å². The van der Waals surface area contributed by atoms with E-state index in [1.54, 1.807) is 0 Å². The van der Waals surface area contributed by atoms with Gasteiger partial charge in [0.1, 0.15) is 0 Å². The summed E-state index contributed by atoms with van der Waals surface area (Å²) < 4.78 is 2.82. The zero-order valence-corrected chi connectivity index (χ0v) is 17.4. The normalized spacial score (nSPS) is 12.2. The van der Waals surface area contributed by atoms with Gasteiger partial charge in [-0.3, -0.25) is 0 Å². The van der Waals surface area contributed by atoms with E-state index in [-0.39, 0.29) is 0 Å². The largest absolute Gasteiger partial charge is 0.144 e. The minimum Gasteiger partial charge on any atom is -0.144 e. The van der Waals surface area contributed by atoms with Gasteiger partial charge in [0.05, 0.1) is 0 Å². The first-order chi connectivity index (χ1) is 13.8. The van der Waals surface area contributed by atoms with Crippen LogP contribution >= 0.6 is 22.7 Å². The maximum absolute atomic E-state index is 2.44. The van der Waals surface area contributed by atoms with Crippen LogP contribution in [0.1, 0.15) is 22.9 Å². The van der Waals surface area contributed by atoms with Gasteiger partial charge in [0.25, 0.3) is 0 Å². The molecule has 0 fully saturated rings. The highest BCUT2D eigenvalue weighted by Gasteiger charge is 2.27. The number of hydrogen-bond acceptors (Lipinski definition) is 2. The third-order valence-electron chi connectivity index (χ3n) is 6.02. The van der Waals surface area contributed by atoms with Gasteiger partial charge < -0.3 is 0 Å². The Bertz CT molecular complexity index is 1330. The summed E-state index contributed by atoms with van der Waals surface area (Å²) >= 11 is 3.80. The van der Waals surface area contributed by atoms with Crippen LogP contribution in [0.5, 0.6) is 0 Å². The molecule has 0 saturated heterocycles. The molecule has 0 aliphatic heterocycles. The SMILES string of the molecule is CCc1ccc(CCc2cc3c4c(ccc3s2)-c2c-4ccc3sccc23)cc1. The molecule has 5 aromatic rings. The van der Waals surface area contributed by atoms with Gasteiger partial charge in [-0.25, -0.2) is 0 Å². The van der Waals surface area contributed by atoms with Crippen molar-refractivity contribution in [1.82, 2.24) is 0 Å². The van der Waals surface area contributed by atoms with E-state index in [0.717, 1.165) is 19.3 Å². The Hall–Kier alpha value is -2.42. The Labute approximate surface area is 173 Å². The topological polar surface area (TPSA) is 0 Å². The highest BCUT2D eigenvalue weighted by Crippen LogP contribution is 2.55. The van der Waals surface area contributed by atoms with E-state index >= 15 is 0 Å². The van der Waals surface area contributed by atoms with Crippen LogP contribution in [0, 0.1) is 0 Å². The lowest BCUT2D eigenvalue weighted by atomic mass is 9.77. The van der Waals surface area contributed by atoms with Gasteiger partial charge in [0, 0.05) is 25.0 Å². The molecule has 0 radical (unpaired) electrons. The average molecular weight is 397 g/mol. The lowest BCUT2D eigenvalue weighted by molar-refractivity contribution is 0.977. The molecule has 1 aliphatic rings. The van der Waals surface area contributed by atoms with Crippen LogP contribution in [-0.2, 0) is 19.3 Å². The van der Waals surface area contributed by atoms with E-state index in [1.807, 2.05) is 22.7 Å². The second-order valence-electron chi connectivity index (χ2n) is 7.60. The number of thiophene rings is 2. The molecule has 0 atom stereocenters. The van der Waals surface area contributed by atoms with Gasteiger partial charge in [-0.2, -0.15) is 0 Å². The quantitative estimate of drug-likeness (QED) is 0.282. The van der Waals surface area contributed by atoms with Crippen molar-refractivity contribution >= 4 is 42.8 Å². The third kappa shape index (κ3) is 2.41. The highest BCUT2D eigenvalue weighted by molar-refractivity contribution is 7.19. The van der Waals surface area contributed by atoms with E-state index < -0.39 is 0 Å². The van der Waals surface area contributed by atoms with E-state index in [9.17, 15) is 0 Å². The molecule has 0 bridgehead atoms. The number of aryl methyl sites for hydroxylation is 3. The third-order valence-corrected chi connectivity index (χ3v) is 8.06. The minimum absolute atomic E-state index is 1.11. The molecule has 0 N–H and O–H groups in total. The summed E-state index contributed by atoms with van der Waals surface area (Å²) in [4.78, 5) is 1.49. The monoisotopic (exact) mass is 396 g/mol. The molecule has 2 heterocycles. The van der Waals surface area contributed by atoms with E-state index in [1.165, 1.54) is 58.4 Å². The molecule has 2 heteroatoms. The summed E-state index contributed by atoms with van der Waals surface area (Å²) in [5.74, 6) is 0. The van der Waals surface area contributed by atoms with Crippen LogP contribution in [0.2, 0.25) is 0 Å². The second-order valence-corrected chi connectivity index (χ2v) is 9.72. The van der Waals surface area contributed by atoms with Crippen molar-refractivity contribution in [2.75, 3.05) is 0 Å². The van der Waals surface area contributed by atoms with E-state index in [2.05, 4.69) is 73.0 Å². The molecule has 1 aliphatic carbocycles. The van der Waals surface area contributed by atoms with Crippen molar-refractivity contribution in [3.8, 4) is 22.3 Å². The number of hydrogen-bond donors (Lipinski definition) is 0. The van der Waals surface area contributed by atoms with Crippen molar-refractivity contribution in [2.24, 2.45) is 0 Å². The van der Waals surface area contributed by atoms with Crippen molar-refractivity contribution < 1.29 is 0 Å². The summed E-state index contributed by atoms with van der Waals surface area (Å²) in [6.45, 7) is 2.21. The molecule has 2 aromatic heterocycles. The van der Waals surface area contributed by atoms with E-state index in [4.69, 9.17) is 0 Å². The molecular formula is C26H20S2. The summed E-state index contributed by atoms with van der Waals surface area (Å²) in [6.07, 6.45) is 3.35. The standard InChI is InChI=1S/C26H20S2/c1-2-16-3-5-17(6-4-16)7-8-18-15-22-24(28-18)12-10-21-25-19-13-14-27-23(19)11-9-20(25)26(21)22/h3-6,9-15H,2,7-8H2,1H3. The van der Waals surface area contributed by atoms with Crippen LogP contribution in [0.4, 0.5) is 0 Å². The molecule has 6 rings (SSSR count). The predicted octanol–water partition coefficient (Wildman–Crippen LogP) is 8.11. The maximum Gasteiger partial charge on any atom is 0.0352 e. The van der Waals surface area contributed by atoms with Crippen molar-refractivity contribution in [1.29, 1.82) is 0 Å². The second kappa shape index (κ2) is 6.30. The van der Waals surface area contributed by atoms with Crippen LogP contribution in [0.3, 0.4) is 0 Å². The Morgan fingerprint density at radius 2 is 1.39 bits per heavy atom. The first kappa shape index (κ1) is 16.5. The highest BCUT2D eigenvalue weighted by atomic mass is 32.1. The molecule has 0 amide bonds. The molecule has 28 heavy (non-hydrogen) atoms. The van der Waals surface area contributed by atoms with Gasteiger partial charge in [0.15, 0.2) is 0 Å². The van der Waals surface area contributed by atoms with Crippen LogP contribution in [0.15, 0.2) is 66.0 Å². The Balaban J connectivity index is 1.34. The fraction of sp³-hybridized carbons (Fsp3) is 0.154. The molecule has 136 valence electrons. The van der Waals surface area contributed by atoms with Crippen molar-refractivity contribution in [2.45, 2.75) is 26.2 Å². The average Bonchev–Trinajstić information content (AvgIpc) is 3.34. The zero-order valence-electron chi connectivity index (χ0n) is 15.8. The molecule has 3 aromatic carbocycles. The Morgan fingerprint density at radius 3 is 2.18 bits per heavy atom. The van der Waals surface area contributed by atoms with Gasteiger partial charge in [-0.05, 0) is 82.3 Å².